The van der Waals surface area contributed by atoms with Crippen molar-refractivity contribution in [3.05, 3.63) is 52.2 Å². The second kappa shape index (κ2) is 5.42. The van der Waals surface area contributed by atoms with Crippen LogP contribution in [0.5, 0.6) is 0 Å². The van der Waals surface area contributed by atoms with Crippen LogP contribution >= 0.6 is 11.6 Å². The monoisotopic (exact) mass is 322 g/mol. The molecule has 0 saturated heterocycles. The van der Waals surface area contributed by atoms with Gasteiger partial charge in [0.05, 0.1) is 12.7 Å². The quantitative estimate of drug-likeness (QED) is 0.860. The molecule has 3 rings (SSSR count). The van der Waals surface area contributed by atoms with Gasteiger partial charge < -0.3 is 10.1 Å². The smallest absolute Gasteiger partial charge is 0.338 e. The Morgan fingerprint density at radius 3 is 2.95 bits per heavy atom. The predicted molar refractivity (Wildman–Crippen MR) is 77.9 cm³/mol. The number of esters is 1. The van der Waals surface area contributed by atoms with Crippen molar-refractivity contribution >= 4 is 23.5 Å². The summed E-state index contributed by atoms with van der Waals surface area (Å²) in [6.07, 6.45) is 1.32. The van der Waals surface area contributed by atoms with Gasteiger partial charge in [-0.2, -0.15) is 10.1 Å². The fourth-order valence-corrected chi connectivity index (χ4v) is 2.77. The zero-order valence-electron chi connectivity index (χ0n) is 11.8. The molecule has 0 fully saturated rings. The molecular weight excluding hydrogens is 311 g/mol. The largest absolute Gasteiger partial charge is 0.466 e. The number of ether oxygens (including phenoxy) is 1. The van der Waals surface area contributed by atoms with E-state index in [9.17, 15) is 9.18 Å². The van der Waals surface area contributed by atoms with E-state index in [1.807, 2.05) is 0 Å². The van der Waals surface area contributed by atoms with Crippen molar-refractivity contribution in [3.63, 3.8) is 0 Å². The number of fused-ring (bicyclic) bond motifs is 1. The van der Waals surface area contributed by atoms with Crippen molar-refractivity contribution in [1.29, 1.82) is 0 Å². The Balaban J connectivity index is 2.28. The summed E-state index contributed by atoms with van der Waals surface area (Å²) in [7, 11) is 1.26. The number of carbonyl (C=O) groups excluding carboxylic acids is 1. The summed E-state index contributed by atoms with van der Waals surface area (Å²) in [5, 5.41) is 7.22. The lowest BCUT2D eigenvalue weighted by Gasteiger charge is -2.28. The summed E-state index contributed by atoms with van der Waals surface area (Å²) in [6.45, 7) is 1.69. The summed E-state index contributed by atoms with van der Waals surface area (Å²) >= 11 is 6.16. The minimum absolute atomic E-state index is 0.150. The third kappa shape index (κ3) is 2.14. The molecule has 0 saturated carbocycles. The van der Waals surface area contributed by atoms with Crippen LogP contribution in [0.2, 0.25) is 5.02 Å². The van der Waals surface area contributed by atoms with Crippen LogP contribution in [0.1, 0.15) is 18.5 Å². The highest BCUT2D eigenvalue weighted by molar-refractivity contribution is 6.31. The maximum Gasteiger partial charge on any atom is 0.338 e. The second-order valence-corrected chi connectivity index (χ2v) is 5.13. The number of nitrogens with zero attached hydrogens (tertiary/aromatic N) is 3. The highest BCUT2D eigenvalue weighted by Crippen LogP contribution is 2.39. The Labute approximate surface area is 130 Å². The number of benzene rings is 1. The van der Waals surface area contributed by atoms with Gasteiger partial charge in [0.2, 0.25) is 5.95 Å². The van der Waals surface area contributed by atoms with Gasteiger partial charge in [-0.25, -0.2) is 13.9 Å². The first-order valence-electron chi connectivity index (χ1n) is 6.44. The molecular formula is C14H12ClFN4O2. The van der Waals surface area contributed by atoms with Gasteiger partial charge in [-0.1, -0.05) is 17.7 Å². The van der Waals surface area contributed by atoms with Crippen LogP contribution in [0, 0.1) is 5.82 Å². The van der Waals surface area contributed by atoms with Crippen LogP contribution in [0.3, 0.4) is 0 Å². The molecule has 6 nitrogen and oxygen atoms in total. The SMILES string of the molecule is COC(=O)C1=C(C)Nc2ncnn2[C@@H]1c1c(F)cccc1Cl. The van der Waals surface area contributed by atoms with Crippen LogP contribution in [0.15, 0.2) is 35.8 Å². The highest BCUT2D eigenvalue weighted by atomic mass is 35.5. The molecule has 0 unspecified atom stereocenters. The van der Waals surface area contributed by atoms with Crippen molar-refractivity contribution in [2.24, 2.45) is 0 Å². The summed E-state index contributed by atoms with van der Waals surface area (Å²) in [5.41, 5.74) is 0.890. The lowest BCUT2D eigenvalue weighted by Crippen LogP contribution is -2.30. The summed E-state index contributed by atoms with van der Waals surface area (Å²) < 4.78 is 20.6. The van der Waals surface area contributed by atoms with E-state index >= 15 is 0 Å². The first kappa shape index (κ1) is 14.5. The lowest BCUT2D eigenvalue weighted by atomic mass is 9.95. The summed E-state index contributed by atoms with van der Waals surface area (Å²) in [5.74, 6) is -0.722. The molecule has 8 heteroatoms. The molecule has 1 atom stereocenters. The first-order chi connectivity index (χ1) is 10.5. The molecule has 0 amide bonds. The van der Waals surface area contributed by atoms with Gasteiger partial charge in [0.25, 0.3) is 0 Å². The first-order valence-corrected chi connectivity index (χ1v) is 6.82. The fourth-order valence-electron chi connectivity index (χ4n) is 2.50. The minimum Gasteiger partial charge on any atom is -0.466 e. The lowest BCUT2D eigenvalue weighted by molar-refractivity contribution is -0.136. The molecule has 1 aliphatic rings. The zero-order valence-corrected chi connectivity index (χ0v) is 12.6. The van der Waals surface area contributed by atoms with E-state index in [0.717, 1.165) is 0 Å². The van der Waals surface area contributed by atoms with Gasteiger partial charge in [0.15, 0.2) is 0 Å². The van der Waals surface area contributed by atoms with Gasteiger partial charge >= 0.3 is 5.97 Å². The predicted octanol–water partition coefficient (Wildman–Crippen LogP) is 2.53. The molecule has 0 spiro atoms. The Bertz CT molecular complexity index is 767. The van der Waals surface area contributed by atoms with Crippen LogP contribution in [0.4, 0.5) is 10.3 Å². The normalized spacial score (nSPS) is 17.0. The van der Waals surface area contributed by atoms with Gasteiger partial charge in [0, 0.05) is 16.3 Å². The number of aromatic nitrogens is 3. The zero-order chi connectivity index (χ0) is 15.9. The Hall–Kier alpha value is -2.41. The average molecular weight is 323 g/mol. The Morgan fingerprint density at radius 2 is 2.27 bits per heavy atom. The van der Waals surface area contributed by atoms with Gasteiger partial charge in [0.1, 0.15) is 18.2 Å². The third-order valence-electron chi connectivity index (χ3n) is 3.47. The number of rotatable bonds is 2. The molecule has 114 valence electrons. The molecule has 0 radical (unpaired) electrons. The molecule has 0 aliphatic carbocycles. The van der Waals surface area contributed by atoms with Crippen molar-refractivity contribution in [1.82, 2.24) is 14.8 Å². The van der Waals surface area contributed by atoms with E-state index in [0.29, 0.717) is 11.6 Å². The number of allylic oxidation sites excluding steroid dienone is 1. The van der Waals surface area contributed by atoms with Crippen molar-refractivity contribution < 1.29 is 13.9 Å². The molecule has 2 heterocycles. The van der Waals surface area contributed by atoms with E-state index in [-0.39, 0.29) is 16.2 Å². The van der Waals surface area contributed by atoms with E-state index in [1.165, 1.54) is 30.3 Å². The number of carbonyl (C=O) groups is 1. The standard InChI is InChI=1S/C14H12ClFN4O2/c1-7-10(13(21)22-2)12(20-14(19-7)17-6-18-20)11-8(15)4-3-5-9(11)16/h3-6,12H,1-2H3,(H,17,18,19)/t12-/m0/s1. The maximum absolute atomic E-state index is 14.4. The highest BCUT2D eigenvalue weighted by Gasteiger charge is 2.36. The molecule has 22 heavy (non-hydrogen) atoms. The van der Waals surface area contributed by atoms with Crippen LogP contribution < -0.4 is 5.32 Å². The molecule has 0 bridgehead atoms. The summed E-state index contributed by atoms with van der Waals surface area (Å²) in [4.78, 5) is 16.2. The molecule has 1 aliphatic heterocycles. The van der Waals surface area contributed by atoms with Crippen LogP contribution in [-0.4, -0.2) is 27.8 Å². The van der Waals surface area contributed by atoms with Crippen LogP contribution in [0.25, 0.3) is 0 Å². The average Bonchev–Trinajstić information content (AvgIpc) is 2.94. The van der Waals surface area contributed by atoms with E-state index in [4.69, 9.17) is 16.3 Å². The topological polar surface area (TPSA) is 69.0 Å². The van der Waals surface area contributed by atoms with E-state index in [1.54, 1.807) is 13.0 Å². The number of anilines is 1. The van der Waals surface area contributed by atoms with E-state index < -0.39 is 17.8 Å². The molecule has 1 aromatic heterocycles. The van der Waals surface area contributed by atoms with Gasteiger partial charge in [-0.15, -0.1) is 0 Å². The fraction of sp³-hybridized carbons (Fsp3) is 0.214. The van der Waals surface area contributed by atoms with Crippen molar-refractivity contribution in [2.75, 3.05) is 12.4 Å². The van der Waals surface area contributed by atoms with E-state index in [2.05, 4.69) is 15.4 Å². The number of nitrogens with one attached hydrogen (secondary N) is 1. The molecule has 1 N–H and O–H groups in total. The third-order valence-corrected chi connectivity index (χ3v) is 3.80. The minimum atomic E-state index is -0.847. The molecule has 2 aromatic rings. The number of hydrogen-bond donors (Lipinski definition) is 1. The maximum atomic E-state index is 14.4. The van der Waals surface area contributed by atoms with Crippen molar-refractivity contribution in [2.45, 2.75) is 13.0 Å². The number of hydrogen-bond acceptors (Lipinski definition) is 5. The Morgan fingerprint density at radius 1 is 1.50 bits per heavy atom. The van der Waals surface area contributed by atoms with Gasteiger partial charge in [-0.3, -0.25) is 0 Å². The second-order valence-electron chi connectivity index (χ2n) is 4.72. The van der Waals surface area contributed by atoms with Crippen LogP contribution in [-0.2, 0) is 9.53 Å². The summed E-state index contributed by atoms with van der Waals surface area (Å²) in [6, 6.07) is 3.49. The van der Waals surface area contributed by atoms with Gasteiger partial charge in [-0.05, 0) is 19.1 Å². The number of methoxy groups -OCH3 is 1. The molecule has 1 aromatic carbocycles. The number of halogens is 2. The Kier molecular flexibility index (Phi) is 3.58. The van der Waals surface area contributed by atoms with Crippen molar-refractivity contribution in [3.8, 4) is 0 Å².